The topological polar surface area (TPSA) is 88.7 Å². The Balaban J connectivity index is 1.22. The van der Waals surface area contributed by atoms with Crippen LogP contribution in [0.15, 0.2) is 48.7 Å². The van der Waals surface area contributed by atoms with E-state index >= 15 is 4.39 Å². The van der Waals surface area contributed by atoms with Crippen molar-refractivity contribution in [1.29, 1.82) is 0 Å². The highest BCUT2D eigenvalue weighted by Gasteiger charge is 2.24. The Bertz CT molecular complexity index is 1290. The van der Waals surface area contributed by atoms with Gasteiger partial charge in [-0.2, -0.15) is 4.98 Å². The van der Waals surface area contributed by atoms with E-state index in [2.05, 4.69) is 35.7 Å². The van der Waals surface area contributed by atoms with Crippen molar-refractivity contribution >= 4 is 58.0 Å². The second kappa shape index (κ2) is 12.9. The number of hydrogen-bond donors (Lipinski definition) is 4. The maximum absolute atomic E-state index is 15.2. The maximum Gasteiger partial charge on any atom is 0.229 e. The Hall–Kier alpha value is -2.99. The summed E-state index contributed by atoms with van der Waals surface area (Å²) in [6.45, 7) is 7.22. The van der Waals surface area contributed by atoms with Gasteiger partial charge in [-0.1, -0.05) is 23.7 Å². The summed E-state index contributed by atoms with van der Waals surface area (Å²) in [6.07, 6.45) is 3.63. The van der Waals surface area contributed by atoms with Crippen molar-refractivity contribution in [2.45, 2.75) is 12.8 Å². The number of benzene rings is 2. The highest BCUT2D eigenvalue weighted by atomic mass is 35.5. The molecule has 2 aliphatic rings. The van der Waals surface area contributed by atoms with Crippen LogP contribution in [0.1, 0.15) is 12.8 Å². The molecule has 39 heavy (non-hydrogen) atoms. The molecule has 5 rings (SSSR count). The van der Waals surface area contributed by atoms with Gasteiger partial charge >= 0.3 is 0 Å². The van der Waals surface area contributed by atoms with Gasteiger partial charge in [0.05, 0.1) is 23.3 Å². The standard InChI is InChI=1S/C27H34ClFN8OS/c1-35(39-38)25-5-3-2-4-23(25)33-26-21(28)17-31-27(34-26)32-20-6-7-24(22(29)16-20)37-12-8-19(9-13-37)18-36-14-10-30-11-15-36/h2-7,16-17,19,30,39H,8-15,18H2,1H3,(H2,31,32,33,34). The van der Waals surface area contributed by atoms with Crippen molar-refractivity contribution in [2.24, 2.45) is 5.92 Å². The minimum atomic E-state index is -0.276. The van der Waals surface area contributed by atoms with Crippen LogP contribution >= 0.6 is 11.6 Å². The lowest BCUT2D eigenvalue weighted by Gasteiger charge is -2.37. The average molecular weight is 573 g/mol. The summed E-state index contributed by atoms with van der Waals surface area (Å²) in [6, 6.07) is 12.5. The number of halogens is 2. The Labute approximate surface area is 237 Å². The molecule has 0 amide bonds. The molecule has 2 fully saturated rings. The monoisotopic (exact) mass is 572 g/mol. The Kier molecular flexibility index (Phi) is 9.13. The first kappa shape index (κ1) is 27.6. The van der Waals surface area contributed by atoms with E-state index in [4.69, 9.17) is 11.6 Å². The van der Waals surface area contributed by atoms with Gasteiger partial charge < -0.3 is 25.8 Å². The van der Waals surface area contributed by atoms with Crippen LogP contribution in [0, 0.1) is 11.7 Å². The number of rotatable bonds is 9. The molecule has 0 atom stereocenters. The third kappa shape index (κ3) is 6.96. The van der Waals surface area contributed by atoms with E-state index in [1.54, 1.807) is 11.4 Å². The van der Waals surface area contributed by atoms with Crippen LogP contribution in [0.2, 0.25) is 5.02 Å². The number of para-hydroxylation sites is 2. The molecule has 9 nitrogen and oxygen atoms in total. The minimum Gasteiger partial charge on any atom is -0.369 e. The molecule has 0 unspecified atom stereocenters. The van der Waals surface area contributed by atoms with Crippen LogP contribution in [0.3, 0.4) is 0 Å². The second-order valence-corrected chi connectivity index (χ2v) is 11.1. The van der Waals surface area contributed by atoms with Crippen LogP contribution < -0.4 is 25.2 Å². The van der Waals surface area contributed by atoms with Crippen molar-refractivity contribution in [1.82, 2.24) is 20.2 Å². The van der Waals surface area contributed by atoms with Gasteiger partial charge in [-0.25, -0.2) is 13.6 Å². The van der Waals surface area contributed by atoms with Gasteiger partial charge in [-0.15, -0.1) is 0 Å². The molecule has 3 heterocycles. The van der Waals surface area contributed by atoms with Crippen LogP contribution in [-0.4, -0.2) is 71.9 Å². The van der Waals surface area contributed by atoms with Crippen molar-refractivity contribution in [3.05, 3.63) is 59.5 Å². The molecule has 0 radical (unpaired) electrons. The number of nitrogens with zero attached hydrogens (tertiary/aromatic N) is 5. The molecule has 2 saturated heterocycles. The molecule has 0 bridgehead atoms. The van der Waals surface area contributed by atoms with Crippen molar-refractivity contribution in [3.63, 3.8) is 0 Å². The zero-order valence-electron chi connectivity index (χ0n) is 21.9. The molecule has 0 aliphatic carbocycles. The number of piperazine rings is 1. The van der Waals surface area contributed by atoms with Crippen molar-refractivity contribution in [3.8, 4) is 0 Å². The number of piperidine rings is 1. The second-order valence-electron chi connectivity index (χ2n) is 9.91. The van der Waals surface area contributed by atoms with Crippen LogP contribution in [0.4, 0.5) is 38.9 Å². The highest BCUT2D eigenvalue weighted by molar-refractivity contribution is 7.67. The summed E-state index contributed by atoms with van der Waals surface area (Å²) < 4.78 is 28.1. The first-order valence-electron chi connectivity index (χ1n) is 13.2. The number of anilines is 6. The predicted octanol–water partition coefficient (Wildman–Crippen LogP) is 4.17. The van der Waals surface area contributed by atoms with Crippen LogP contribution in [-0.2, 0) is 11.9 Å². The van der Waals surface area contributed by atoms with E-state index in [1.807, 2.05) is 36.4 Å². The van der Waals surface area contributed by atoms with Crippen LogP contribution in [0.5, 0.6) is 0 Å². The zero-order valence-corrected chi connectivity index (χ0v) is 23.6. The Morgan fingerprint density at radius 1 is 1.13 bits per heavy atom. The fourth-order valence-electron chi connectivity index (χ4n) is 5.13. The van der Waals surface area contributed by atoms with E-state index in [1.165, 1.54) is 12.3 Å². The molecule has 0 saturated carbocycles. The van der Waals surface area contributed by atoms with Gasteiger partial charge in [0.25, 0.3) is 0 Å². The molecular formula is C27H34ClFN8OS. The molecule has 2 aromatic carbocycles. The third-order valence-electron chi connectivity index (χ3n) is 7.26. The first-order valence-corrected chi connectivity index (χ1v) is 14.3. The van der Waals surface area contributed by atoms with Crippen molar-refractivity contribution in [2.75, 3.05) is 72.7 Å². The van der Waals surface area contributed by atoms with E-state index in [-0.39, 0.29) is 23.6 Å². The fraction of sp³-hybridized carbons (Fsp3) is 0.407. The summed E-state index contributed by atoms with van der Waals surface area (Å²) >= 11 is 6.21. The van der Waals surface area contributed by atoms with Crippen molar-refractivity contribution < 1.29 is 8.60 Å². The van der Waals surface area contributed by atoms with Gasteiger partial charge in [0.2, 0.25) is 5.95 Å². The van der Waals surface area contributed by atoms with Gasteiger partial charge in [0, 0.05) is 58.5 Å². The molecule has 12 heteroatoms. The maximum atomic E-state index is 15.2. The Morgan fingerprint density at radius 3 is 2.64 bits per heavy atom. The number of thiol groups is 1. The molecule has 3 aromatic rings. The molecule has 208 valence electrons. The Morgan fingerprint density at radius 2 is 1.90 bits per heavy atom. The average Bonchev–Trinajstić information content (AvgIpc) is 2.96. The van der Waals surface area contributed by atoms with Gasteiger partial charge in [0.15, 0.2) is 5.82 Å². The summed E-state index contributed by atoms with van der Waals surface area (Å²) in [7, 11) is 1.71. The lowest BCUT2D eigenvalue weighted by atomic mass is 9.95. The molecule has 1 aromatic heterocycles. The lowest BCUT2D eigenvalue weighted by Crippen LogP contribution is -2.47. The summed E-state index contributed by atoms with van der Waals surface area (Å²) in [4.78, 5) is 13.4. The zero-order chi connectivity index (χ0) is 27.2. The van der Waals surface area contributed by atoms with Gasteiger partial charge in [0.1, 0.15) is 22.7 Å². The molecular weight excluding hydrogens is 539 g/mol. The van der Waals surface area contributed by atoms with Crippen LogP contribution in [0.25, 0.3) is 0 Å². The fourth-order valence-corrected chi connectivity index (χ4v) is 5.53. The van der Waals surface area contributed by atoms with Gasteiger partial charge in [-0.3, -0.25) is 4.31 Å². The highest BCUT2D eigenvalue weighted by Crippen LogP contribution is 2.32. The van der Waals surface area contributed by atoms with E-state index < -0.39 is 0 Å². The predicted molar refractivity (Wildman–Crippen MR) is 159 cm³/mol. The molecule has 0 spiro atoms. The lowest BCUT2D eigenvalue weighted by molar-refractivity contribution is 0.190. The quantitative estimate of drug-likeness (QED) is 0.284. The first-order chi connectivity index (χ1) is 19.0. The normalized spacial score (nSPS) is 16.7. The summed E-state index contributed by atoms with van der Waals surface area (Å²) in [5.41, 5.74) is 2.56. The number of nitrogens with one attached hydrogen (secondary N) is 3. The number of hydrogen-bond acceptors (Lipinski definition) is 8. The van der Waals surface area contributed by atoms with E-state index in [9.17, 15) is 4.21 Å². The smallest absolute Gasteiger partial charge is 0.229 e. The number of aromatic nitrogens is 2. The summed E-state index contributed by atoms with van der Waals surface area (Å²) in [5, 5.41) is 9.98. The van der Waals surface area contributed by atoms with E-state index in [0.29, 0.717) is 39.5 Å². The molecule has 3 N–H and O–H groups in total. The SMILES string of the molecule is CN([SH]=O)c1ccccc1Nc1nc(Nc2ccc(N3CCC(CN4CCNCC4)CC3)c(F)c2)ncc1Cl. The third-order valence-corrected chi connectivity index (χ3v) is 7.99. The minimum absolute atomic E-state index is 0.142. The van der Waals surface area contributed by atoms with Gasteiger partial charge in [-0.05, 0) is 49.1 Å². The molecule has 2 aliphatic heterocycles. The summed E-state index contributed by atoms with van der Waals surface area (Å²) in [5.74, 6) is 1.04. The largest absolute Gasteiger partial charge is 0.369 e. The van der Waals surface area contributed by atoms with E-state index in [0.717, 1.165) is 58.7 Å².